The Balaban J connectivity index is 1.20. The zero-order valence-corrected chi connectivity index (χ0v) is 15.8. The predicted octanol–water partition coefficient (Wildman–Crippen LogP) is 2.75. The van der Waals surface area contributed by atoms with Gasteiger partial charge in [0.05, 0.1) is 11.8 Å². The van der Waals surface area contributed by atoms with Crippen LogP contribution in [0.3, 0.4) is 0 Å². The largest absolute Gasteiger partial charge is 0.462 e. The summed E-state index contributed by atoms with van der Waals surface area (Å²) >= 11 is 0. The average Bonchev–Trinajstić information content (AvgIpc) is 3.36. The topological polar surface area (TPSA) is 84.5 Å². The number of esters is 1. The third-order valence-electron chi connectivity index (χ3n) is 6.50. The highest BCUT2D eigenvalue weighted by molar-refractivity contribution is 5.98. The quantitative estimate of drug-likeness (QED) is 0.769. The second-order valence-electron chi connectivity index (χ2n) is 8.16. The van der Waals surface area contributed by atoms with Crippen LogP contribution >= 0.6 is 0 Å². The van der Waals surface area contributed by atoms with E-state index >= 15 is 0 Å². The van der Waals surface area contributed by atoms with Crippen molar-refractivity contribution in [2.45, 2.75) is 25.5 Å². The molecule has 2 amide bonds. The molecule has 3 aliphatic rings. The lowest BCUT2D eigenvalue weighted by Crippen LogP contribution is -2.35. The molecule has 29 heavy (non-hydrogen) atoms. The highest BCUT2D eigenvalue weighted by Gasteiger charge is 2.63. The van der Waals surface area contributed by atoms with Gasteiger partial charge in [-0.3, -0.25) is 14.4 Å². The first-order chi connectivity index (χ1) is 14.1. The van der Waals surface area contributed by atoms with E-state index in [1.54, 1.807) is 24.3 Å². The van der Waals surface area contributed by atoms with Gasteiger partial charge in [0.1, 0.15) is 6.10 Å². The minimum atomic E-state index is -0.305. The molecule has 1 aliphatic heterocycles. The van der Waals surface area contributed by atoms with E-state index in [0.717, 1.165) is 18.4 Å². The van der Waals surface area contributed by atoms with E-state index in [1.165, 1.54) is 0 Å². The van der Waals surface area contributed by atoms with Gasteiger partial charge in [-0.1, -0.05) is 30.3 Å². The van der Waals surface area contributed by atoms with Gasteiger partial charge in [-0.05, 0) is 48.6 Å². The van der Waals surface area contributed by atoms with Crippen molar-refractivity contribution in [2.75, 3.05) is 5.32 Å². The summed E-state index contributed by atoms with van der Waals surface area (Å²) in [4.78, 5) is 37.2. The van der Waals surface area contributed by atoms with Crippen LogP contribution in [-0.4, -0.2) is 23.9 Å². The van der Waals surface area contributed by atoms with Gasteiger partial charge < -0.3 is 15.4 Å². The van der Waals surface area contributed by atoms with Crippen LogP contribution in [0.2, 0.25) is 0 Å². The summed E-state index contributed by atoms with van der Waals surface area (Å²) in [7, 11) is 0. The Hall–Kier alpha value is -3.15. The molecule has 6 nitrogen and oxygen atoms in total. The van der Waals surface area contributed by atoms with Crippen molar-refractivity contribution < 1.29 is 19.1 Å². The molecule has 1 heterocycles. The molecule has 2 bridgehead atoms. The Morgan fingerprint density at radius 3 is 2.52 bits per heavy atom. The number of carbonyl (C=O) groups is 3. The molecule has 0 aromatic heterocycles. The first-order valence-electron chi connectivity index (χ1n) is 10.0. The lowest BCUT2D eigenvalue weighted by molar-refractivity contribution is -0.145. The molecule has 2 aliphatic carbocycles. The first kappa shape index (κ1) is 17.9. The van der Waals surface area contributed by atoms with Crippen LogP contribution in [0.1, 0.15) is 28.8 Å². The minimum absolute atomic E-state index is 0.0234. The van der Waals surface area contributed by atoms with Crippen molar-refractivity contribution in [2.24, 2.45) is 23.7 Å². The molecule has 2 aromatic carbocycles. The van der Waals surface area contributed by atoms with Gasteiger partial charge in [-0.25, -0.2) is 0 Å². The summed E-state index contributed by atoms with van der Waals surface area (Å²) in [5.41, 5.74) is 2.18. The molecular formula is C23H22N2O4. The van der Waals surface area contributed by atoms with Crippen molar-refractivity contribution in [1.82, 2.24) is 5.32 Å². The van der Waals surface area contributed by atoms with E-state index < -0.39 is 0 Å². The zero-order chi connectivity index (χ0) is 20.0. The fourth-order valence-electron chi connectivity index (χ4n) is 5.17. The monoisotopic (exact) mass is 390 g/mol. The van der Waals surface area contributed by atoms with Crippen LogP contribution in [0.25, 0.3) is 0 Å². The summed E-state index contributed by atoms with van der Waals surface area (Å²) in [5, 5.41) is 5.80. The fourth-order valence-corrected chi connectivity index (χ4v) is 5.17. The van der Waals surface area contributed by atoms with Gasteiger partial charge in [0.2, 0.25) is 5.91 Å². The van der Waals surface area contributed by atoms with Crippen LogP contribution in [0, 0.1) is 23.7 Å². The molecule has 2 saturated carbocycles. The summed E-state index contributed by atoms with van der Waals surface area (Å²) < 4.78 is 5.40. The fraction of sp³-hybridized carbons (Fsp3) is 0.348. The van der Waals surface area contributed by atoms with Gasteiger partial charge >= 0.3 is 5.97 Å². The molecule has 148 valence electrons. The van der Waals surface area contributed by atoms with E-state index in [1.807, 2.05) is 30.3 Å². The molecule has 1 saturated heterocycles. The van der Waals surface area contributed by atoms with E-state index in [9.17, 15) is 14.4 Å². The third-order valence-corrected chi connectivity index (χ3v) is 6.50. The first-order valence-corrected chi connectivity index (χ1v) is 10.0. The number of rotatable bonds is 5. The maximum absolute atomic E-state index is 12.8. The van der Waals surface area contributed by atoms with Crippen molar-refractivity contribution in [3.05, 3.63) is 65.7 Å². The lowest BCUT2D eigenvalue weighted by Gasteiger charge is -2.23. The minimum Gasteiger partial charge on any atom is -0.462 e. The Labute approximate surface area is 168 Å². The second kappa shape index (κ2) is 7.03. The number of carbonyl (C=O) groups excluding carboxylic acids is 3. The summed E-state index contributed by atoms with van der Waals surface area (Å²) in [6, 6.07) is 16.5. The van der Waals surface area contributed by atoms with Crippen LogP contribution in [0.15, 0.2) is 54.6 Å². The SMILES string of the molecule is O=C(NCc1ccccc1)c1ccc(NC(=O)[C@@H]2[C@@H]3C[C@@H]4[C@@H]2C(=O)O[C@H]4C3)cc1. The molecule has 0 spiro atoms. The molecule has 6 heteroatoms. The van der Waals surface area contributed by atoms with Crippen molar-refractivity contribution in [3.8, 4) is 0 Å². The maximum Gasteiger partial charge on any atom is 0.310 e. The molecular weight excluding hydrogens is 368 g/mol. The standard InChI is InChI=1S/C23H22N2O4/c26-21(24-12-13-4-2-1-3-5-13)14-6-8-16(9-7-14)25-22(27)19-15-10-17-18(11-15)29-23(28)20(17)19/h1-9,15,17-20H,10-12H2,(H,24,26)(H,25,27)/t15-,17+,18+,19-,20+/m1/s1. The third kappa shape index (κ3) is 3.18. The number of amides is 2. The van der Waals surface area contributed by atoms with Gasteiger partial charge in [-0.15, -0.1) is 0 Å². The number of anilines is 1. The van der Waals surface area contributed by atoms with Crippen molar-refractivity contribution in [3.63, 3.8) is 0 Å². The van der Waals surface area contributed by atoms with Crippen LogP contribution in [0.5, 0.6) is 0 Å². The van der Waals surface area contributed by atoms with Gasteiger partial charge in [0.15, 0.2) is 0 Å². The number of hydrogen-bond acceptors (Lipinski definition) is 4. The Bertz CT molecular complexity index is 955. The Morgan fingerprint density at radius 2 is 1.76 bits per heavy atom. The molecule has 5 rings (SSSR count). The summed E-state index contributed by atoms with van der Waals surface area (Å²) in [6.07, 6.45) is 1.72. The highest BCUT2D eigenvalue weighted by Crippen LogP contribution is 2.57. The van der Waals surface area contributed by atoms with Gasteiger partial charge in [0, 0.05) is 23.7 Å². The predicted molar refractivity (Wildman–Crippen MR) is 106 cm³/mol. The zero-order valence-electron chi connectivity index (χ0n) is 15.8. The van der Waals surface area contributed by atoms with Gasteiger partial charge in [-0.2, -0.15) is 0 Å². The number of fused-ring (bicyclic) bond motifs is 1. The van der Waals surface area contributed by atoms with E-state index in [-0.39, 0.29) is 47.6 Å². The summed E-state index contributed by atoms with van der Waals surface area (Å²) in [5.74, 6) is -0.670. The molecule has 2 N–H and O–H groups in total. The van der Waals surface area contributed by atoms with Gasteiger partial charge in [0.25, 0.3) is 5.91 Å². The smallest absolute Gasteiger partial charge is 0.310 e. The molecule has 2 aromatic rings. The Kier molecular flexibility index (Phi) is 4.34. The maximum atomic E-state index is 12.8. The highest BCUT2D eigenvalue weighted by atomic mass is 16.6. The van der Waals surface area contributed by atoms with E-state index in [4.69, 9.17) is 4.74 Å². The van der Waals surface area contributed by atoms with E-state index in [2.05, 4.69) is 10.6 Å². The van der Waals surface area contributed by atoms with Crippen LogP contribution in [-0.2, 0) is 20.9 Å². The molecule has 0 unspecified atom stereocenters. The average molecular weight is 390 g/mol. The number of ether oxygens (including phenoxy) is 1. The second-order valence-corrected chi connectivity index (χ2v) is 8.16. The molecule has 0 radical (unpaired) electrons. The van der Waals surface area contributed by atoms with Crippen LogP contribution < -0.4 is 10.6 Å². The summed E-state index contributed by atoms with van der Waals surface area (Å²) in [6.45, 7) is 0.459. The lowest BCUT2D eigenvalue weighted by atomic mass is 9.79. The molecule has 5 atom stereocenters. The molecule has 3 fully saturated rings. The number of nitrogens with one attached hydrogen (secondary N) is 2. The van der Waals surface area contributed by atoms with Crippen molar-refractivity contribution >= 4 is 23.5 Å². The number of benzene rings is 2. The number of hydrogen-bond donors (Lipinski definition) is 2. The normalized spacial score (nSPS) is 28.8. The Morgan fingerprint density at radius 1 is 1.00 bits per heavy atom. The van der Waals surface area contributed by atoms with Crippen molar-refractivity contribution in [1.29, 1.82) is 0 Å². The van der Waals surface area contributed by atoms with E-state index in [0.29, 0.717) is 17.8 Å². The van der Waals surface area contributed by atoms with Crippen LogP contribution in [0.4, 0.5) is 5.69 Å².